The van der Waals surface area contributed by atoms with Crippen LogP contribution < -0.4 is 16.0 Å². The van der Waals surface area contributed by atoms with Crippen LogP contribution in [0.3, 0.4) is 0 Å². The molecule has 2 aromatic carbocycles. The molecule has 0 aliphatic carbocycles. The molecule has 4 N–H and O–H groups in total. The molecule has 0 radical (unpaired) electrons. The van der Waals surface area contributed by atoms with E-state index in [9.17, 15) is 19.1 Å². The van der Waals surface area contributed by atoms with E-state index >= 15 is 0 Å². The molecule has 3 aliphatic rings. The molecular formula is C27H28FN5O6. The van der Waals surface area contributed by atoms with E-state index in [0.29, 0.717) is 54.6 Å². The predicted molar refractivity (Wildman–Crippen MR) is 139 cm³/mol. The average Bonchev–Trinajstić information content (AvgIpc) is 3.75. The molecule has 11 nitrogen and oxygen atoms in total. The number of aromatic nitrogens is 1. The number of ether oxygens (including phenoxy) is 3. The maximum absolute atomic E-state index is 14.7. The molecule has 0 bridgehead atoms. The highest BCUT2D eigenvalue weighted by molar-refractivity contribution is 6.04. The van der Waals surface area contributed by atoms with Crippen molar-refractivity contribution in [2.75, 3.05) is 55.4 Å². The second-order valence-corrected chi connectivity index (χ2v) is 9.66. The van der Waals surface area contributed by atoms with Crippen molar-refractivity contribution in [2.45, 2.75) is 24.5 Å². The first-order chi connectivity index (χ1) is 18.9. The molecule has 1 aromatic heterocycles. The quantitative estimate of drug-likeness (QED) is 0.398. The van der Waals surface area contributed by atoms with Crippen LogP contribution in [0.1, 0.15) is 11.7 Å². The summed E-state index contributed by atoms with van der Waals surface area (Å²) in [6.45, 7) is 2.89. The van der Waals surface area contributed by atoms with Crippen LogP contribution in [0.5, 0.6) is 0 Å². The fourth-order valence-electron chi connectivity index (χ4n) is 5.02. The van der Waals surface area contributed by atoms with Crippen molar-refractivity contribution in [2.24, 2.45) is 0 Å². The number of carbonyl (C=O) groups excluding carboxylic acids is 2. The minimum atomic E-state index is -1.77. The van der Waals surface area contributed by atoms with Gasteiger partial charge in [-0.2, -0.15) is 0 Å². The third-order valence-corrected chi connectivity index (χ3v) is 7.13. The highest BCUT2D eigenvalue weighted by Crippen LogP contribution is 2.43. The lowest BCUT2D eigenvalue weighted by Gasteiger charge is -2.34. The Hall–Kier alpha value is -3.68. The lowest BCUT2D eigenvalue weighted by atomic mass is 10.1. The second kappa shape index (κ2) is 10.5. The van der Waals surface area contributed by atoms with E-state index in [1.54, 1.807) is 36.4 Å². The zero-order chi connectivity index (χ0) is 27.1. The molecule has 6 rings (SSSR count). The summed E-state index contributed by atoms with van der Waals surface area (Å²) >= 11 is 0. The Labute approximate surface area is 223 Å². The van der Waals surface area contributed by atoms with Crippen molar-refractivity contribution in [3.63, 3.8) is 0 Å². The van der Waals surface area contributed by atoms with Gasteiger partial charge in [0.25, 0.3) is 11.8 Å². The molecule has 12 heteroatoms. The van der Waals surface area contributed by atoms with Crippen LogP contribution >= 0.6 is 0 Å². The Balaban J connectivity index is 1.14. The third kappa shape index (κ3) is 5.16. The number of amides is 2. The zero-order valence-electron chi connectivity index (χ0n) is 21.0. The Morgan fingerprint density at radius 1 is 1.10 bits per heavy atom. The average molecular weight is 538 g/mol. The van der Waals surface area contributed by atoms with E-state index in [4.69, 9.17) is 19.9 Å². The first kappa shape index (κ1) is 25.6. The highest BCUT2D eigenvalue weighted by atomic mass is 19.1. The third-order valence-electron chi connectivity index (χ3n) is 7.13. The molecule has 3 aromatic rings. The zero-order valence-corrected chi connectivity index (χ0v) is 21.0. The van der Waals surface area contributed by atoms with Crippen LogP contribution in [0.25, 0.3) is 10.9 Å². The molecule has 3 saturated heterocycles. The van der Waals surface area contributed by atoms with Gasteiger partial charge in [-0.15, -0.1) is 0 Å². The SMILES string of the molecule is Nc1ccc2cc(NC(=O)C(O)C3OCCN(c4ccc(F)c(C5OC5N5CCOCC5)c4)C3=O)ccc2n1. The number of anilines is 3. The number of fused-ring (bicyclic) bond motifs is 1. The lowest BCUT2D eigenvalue weighted by molar-refractivity contribution is -0.150. The van der Waals surface area contributed by atoms with E-state index in [2.05, 4.69) is 15.2 Å². The molecule has 3 fully saturated rings. The molecule has 39 heavy (non-hydrogen) atoms. The van der Waals surface area contributed by atoms with Crippen molar-refractivity contribution >= 4 is 39.9 Å². The van der Waals surface area contributed by atoms with Crippen LogP contribution in [-0.2, 0) is 23.8 Å². The van der Waals surface area contributed by atoms with Gasteiger partial charge in [0, 0.05) is 42.0 Å². The number of aliphatic hydroxyl groups is 1. The van der Waals surface area contributed by atoms with Gasteiger partial charge in [0.2, 0.25) is 0 Å². The molecule has 3 aliphatic heterocycles. The molecule has 0 saturated carbocycles. The number of rotatable bonds is 6. The number of epoxide rings is 1. The molecule has 204 valence electrons. The van der Waals surface area contributed by atoms with E-state index < -0.39 is 35.9 Å². The van der Waals surface area contributed by atoms with Crippen molar-refractivity contribution in [3.8, 4) is 0 Å². The Kier molecular flexibility index (Phi) is 6.87. The van der Waals surface area contributed by atoms with Crippen molar-refractivity contribution < 1.29 is 33.3 Å². The molecule has 0 spiro atoms. The van der Waals surface area contributed by atoms with Gasteiger partial charge in [-0.1, -0.05) is 0 Å². The maximum Gasteiger partial charge on any atom is 0.259 e. The number of pyridine rings is 1. The van der Waals surface area contributed by atoms with Gasteiger partial charge in [-0.25, -0.2) is 9.37 Å². The van der Waals surface area contributed by atoms with Crippen LogP contribution in [0.2, 0.25) is 0 Å². The monoisotopic (exact) mass is 537 g/mol. The summed E-state index contributed by atoms with van der Waals surface area (Å²) in [7, 11) is 0. The molecule has 2 amide bonds. The molecule has 4 atom stereocenters. The summed E-state index contributed by atoms with van der Waals surface area (Å²) < 4.78 is 31.4. The summed E-state index contributed by atoms with van der Waals surface area (Å²) in [6.07, 6.45) is -3.87. The predicted octanol–water partition coefficient (Wildman–Crippen LogP) is 1.42. The van der Waals surface area contributed by atoms with E-state index in [0.717, 1.165) is 5.39 Å². The van der Waals surface area contributed by atoms with Gasteiger partial charge in [-0.05, 0) is 48.5 Å². The fraction of sp³-hybridized carbons (Fsp3) is 0.370. The number of halogens is 1. The second-order valence-electron chi connectivity index (χ2n) is 9.66. The summed E-state index contributed by atoms with van der Waals surface area (Å²) in [5.41, 5.74) is 7.57. The molecular weight excluding hydrogens is 509 g/mol. The van der Waals surface area contributed by atoms with Gasteiger partial charge >= 0.3 is 0 Å². The number of morpholine rings is 2. The molecule has 4 unspecified atom stereocenters. The first-order valence-corrected chi connectivity index (χ1v) is 12.7. The first-order valence-electron chi connectivity index (χ1n) is 12.7. The number of carbonyl (C=O) groups is 2. The largest absolute Gasteiger partial charge is 0.384 e. The van der Waals surface area contributed by atoms with Gasteiger partial charge in [0.1, 0.15) is 24.0 Å². The fourth-order valence-corrected chi connectivity index (χ4v) is 5.02. The van der Waals surface area contributed by atoms with Crippen molar-refractivity contribution in [3.05, 3.63) is 59.9 Å². The standard InChI is InChI=1S/C27H28FN5O6/c28-19-4-3-17(14-18(19)23-27(39-23)32-7-10-37-11-8-32)33-9-12-38-24(26(33)36)22(34)25(35)30-16-2-5-20-15(13-16)1-6-21(29)31-20/h1-6,13-14,22-24,27,34H,7-12H2,(H2,29,31)(H,30,35). The Bertz CT molecular complexity index is 1420. The van der Waals surface area contributed by atoms with Crippen LogP contribution in [-0.4, -0.2) is 84.7 Å². The summed E-state index contributed by atoms with van der Waals surface area (Å²) in [5, 5.41) is 14.1. The van der Waals surface area contributed by atoms with Gasteiger partial charge in [-0.3, -0.25) is 14.5 Å². The number of nitrogen functional groups attached to an aromatic ring is 1. The topological polar surface area (TPSA) is 143 Å². The van der Waals surface area contributed by atoms with E-state index in [1.807, 2.05) is 0 Å². The lowest BCUT2D eigenvalue weighted by Crippen LogP contribution is -2.55. The summed E-state index contributed by atoms with van der Waals surface area (Å²) in [5.74, 6) is -1.44. The number of nitrogens with one attached hydrogen (secondary N) is 1. The minimum Gasteiger partial charge on any atom is -0.384 e. The molecule has 4 heterocycles. The van der Waals surface area contributed by atoms with E-state index in [-0.39, 0.29) is 19.4 Å². The Morgan fingerprint density at radius 2 is 1.92 bits per heavy atom. The normalized spacial score (nSPS) is 24.5. The smallest absolute Gasteiger partial charge is 0.259 e. The van der Waals surface area contributed by atoms with Crippen LogP contribution in [0.4, 0.5) is 21.6 Å². The van der Waals surface area contributed by atoms with Crippen molar-refractivity contribution in [1.29, 1.82) is 0 Å². The van der Waals surface area contributed by atoms with E-state index in [1.165, 1.54) is 17.0 Å². The number of hydrogen-bond acceptors (Lipinski definition) is 9. The number of benzene rings is 2. The van der Waals surface area contributed by atoms with Crippen LogP contribution in [0, 0.1) is 5.82 Å². The summed E-state index contributed by atoms with van der Waals surface area (Å²) in [6, 6.07) is 12.8. The number of nitrogens with zero attached hydrogens (tertiary/aromatic N) is 3. The minimum absolute atomic E-state index is 0.0901. The van der Waals surface area contributed by atoms with Crippen LogP contribution in [0.15, 0.2) is 48.5 Å². The number of hydrogen-bond donors (Lipinski definition) is 3. The highest BCUT2D eigenvalue weighted by Gasteiger charge is 2.47. The van der Waals surface area contributed by atoms with Gasteiger partial charge < -0.3 is 35.3 Å². The van der Waals surface area contributed by atoms with Gasteiger partial charge in [0.15, 0.2) is 12.2 Å². The Morgan fingerprint density at radius 3 is 2.74 bits per heavy atom. The summed E-state index contributed by atoms with van der Waals surface area (Å²) in [4.78, 5) is 33.9. The van der Waals surface area contributed by atoms with Gasteiger partial charge in [0.05, 0.1) is 25.3 Å². The maximum atomic E-state index is 14.7. The van der Waals surface area contributed by atoms with Crippen molar-refractivity contribution in [1.82, 2.24) is 9.88 Å². The number of aliphatic hydroxyl groups excluding tert-OH is 1. The number of nitrogens with two attached hydrogens (primary N) is 1.